The lowest BCUT2D eigenvalue weighted by Gasteiger charge is -2.17. The molecule has 19 heavy (non-hydrogen) atoms. The second-order valence-electron chi connectivity index (χ2n) is 4.32. The van der Waals surface area contributed by atoms with Gasteiger partial charge in [-0.15, -0.1) is 0 Å². The monoisotopic (exact) mass is 306 g/mol. The van der Waals surface area contributed by atoms with E-state index < -0.39 is 8.60 Å². The number of ether oxygens (including phenoxy) is 1. The minimum absolute atomic E-state index is 0.130. The van der Waals surface area contributed by atoms with E-state index in [1.807, 2.05) is 0 Å². The zero-order valence-electron chi connectivity index (χ0n) is 10.3. The maximum atomic E-state index is 11.4. The van der Waals surface area contributed by atoms with Crippen molar-refractivity contribution >= 4 is 20.8 Å². The zero-order valence-corrected chi connectivity index (χ0v) is 12.0. The van der Waals surface area contributed by atoms with E-state index in [1.165, 1.54) is 0 Å². The van der Waals surface area contributed by atoms with Gasteiger partial charge in [0.05, 0.1) is 12.7 Å². The fraction of sp³-hybridized carbons (Fsp3) is 0.600. The largest absolute Gasteiger partial charge is 0.352 e. The quantitative estimate of drug-likeness (QED) is 0.570. The van der Waals surface area contributed by atoms with Crippen molar-refractivity contribution < 1.29 is 19.0 Å². The van der Waals surface area contributed by atoms with Crippen molar-refractivity contribution in [3.05, 3.63) is 26.9 Å². The normalized spacial score (nSPS) is 23.2. The van der Waals surface area contributed by atoms with Crippen LogP contribution < -0.4 is 5.56 Å². The maximum Gasteiger partial charge on any atom is 0.327 e. The summed E-state index contributed by atoms with van der Waals surface area (Å²) >= 11 is 5.10. The van der Waals surface area contributed by atoms with Crippen LogP contribution in [0.1, 0.15) is 24.6 Å². The Morgan fingerprint density at radius 3 is 3.05 bits per heavy atom. The second kappa shape index (κ2) is 6.21. The third-order valence-corrected chi connectivity index (χ3v) is 3.61. The van der Waals surface area contributed by atoms with Crippen LogP contribution in [0.3, 0.4) is 0 Å². The molecule has 2 atom stereocenters. The van der Waals surface area contributed by atoms with E-state index in [9.17, 15) is 4.79 Å². The Kier molecular flexibility index (Phi) is 4.83. The molecule has 2 heterocycles. The van der Waals surface area contributed by atoms with Gasteiger partial charge in [-0.3, -0.25) is 14.3 Å². The van der Waals surface area contributed by atoms with E-state index in [-0.39, 0.29) is 24.5 Å². The van der Waals surface area contributed by atoms with Gasteiger partial charge in [-0.1, -0.05) is 0 Å². The molecule has 1 aliphatic rings. The minimum atomic E-state index is -2.36. The molecule has 0 radical (unpaired) electrons. The van der Waals surface area contributed by atoms with E-state index in [0.29, 0.717) is 10.3 Å². The average molecular weight is 306 g/mol. The Morgan fingerprint density at radius 2 is 2.37 bits per heavy atom. The van der Waals surface area contributed by atoms with Crippen LogP contribution in [-0.4, -0.2) is 32.0 Å². The van der Waals surface area contributed by atoms with Crippen molar-refractivity contribution in [1.29, 1.82) is 0 Å². The SMILES string of the molecule is Cc1cn(C2CCC(COP(O)O)O2)c(=S)[nH]c1=O. The Hall–Kier alpha value is -0.630. The average Bonchev–Trinajstić information content (AvgIpc) is 2.80. The highest BCUT2D eigenvalue weighted by Gasteiger charge is 2.27. The maximum absolute atomic E-state index is 11.4. The fourth-order valence-electron chi connectivity index (χ4n) is 1.96. The summed E-state index contributed by atoms with van der Waals surface area (Å²) in [5, 5.41) is 0. The number of H-pyrrole nitrogens is 1. The number of nitrogens with one attached hydrogen (secondary N) is 1. The van der Waals surface area contributed by atoms with Crippen molar-refractivity contribution in [1.82, 2.24) is 9.55 Å². The summed E-state index contributed by atoms with van der Waals surface area (Å²) in [6.45, 7) is 1.83. The molecule has 1 saturated heterocycles. The van der Waals surface area contributed by atoms with Crippen molar-refractivity contribution in [3.63, 3.8) is 0 Å². The zero-order chi connectivity index (χ0) is 14.0. The first-order valence-electron chi connectivity index (χ1n) is 5.75. The Bertz CT molecular complexity index is 558. The van der Waals surface area contributed by atoms with E-state index in [4.69, 9.17) is 31.3 Å². The summed E-state index contributed by atoms with van der Waals surface area (Å²) in [4.78, 5) is 31.4. The summed E-state index contributed by atoms with van der Waals surface area (Å²) in [6, 6.07) is 0. The molecule has 9 heteroatoms. The number of aromatic nitrogens is 2. The number of nitrogens with zero attached hydrogens (tertiary/aromatic N) is 1. The van der Waals surface area contributed by atoms with E-state index in [0.717, 1.165) is 12.8 Å². The van der Waals surface area contributed by atoms with Gasteiger partial charge in [0, 0.05) is 11.8 Å². The summed E-state index contributed by atoms with van der Waals surface area (Å²) in [7, 11) is -2.36. The lowest BCUT2D eigenvalue weighted by atomic mass is 10.2. The first-order chi connectivity index (χ1) is 8.97. The van der Waals surface area contributed by atoms with Crippen LogP contribution in [-0.2, 0) is 9.26 Å². The molecular weight excluding hydrogens is 291 g/mol. The van der Waals surface area contributed by atoms with Crippen LogP contribution in [0.4, 0.5) is 0 Å². The molecule has 0 aromatic carbocycles. The van der Waals surface area contributed by atoms with Gasteiger partial charge in [0.25, 0.3) is 5.56 Å². The Balaban J connectivity index is 2.07. The molecule has 0 saturated carbocycles. The van der Waals surface area contributed by atoms with Crippen molar-refractivity contribution in [2.45, 2.75) is 32.1 Å². The van der Waals surface area contributed by atoms with E-state index in [1.54, 1.807) is 17.7 Å². The van der Waals surface area contributed by atoms with E-state index in [2.05, 4.69) is 4.98 Å². The first-order valence-corrected chi connectivity index (χ1v) is 7.33. The third-order valence-electron chi connectivity index (χ3n) is 2.92. The van der Waals surface area contributed by atoms with Crippen LogP contribution in [0, 0.1) is 11.7 Å². The topological polar surface area (TPSA) is 96.7 Å². The number of hydrogen-bond acceptors (Lipinski definition) is 6. The molecule has 0 amide bonds. The van der Waals surface area contributed by atoms with Gasteiger partial charge in [0.1, 0.15) is 6.23 Å². The third kappa shape index (κ3) is 3.68. The molecule has 2 rings (SSSR count). The van der Waals surface area contributed by atoms with Gasteiger partial charge < -0.3 is 19.0 Å². The molecule has 1 aliphatic heterocycles. The molecule has 106 valence electrons. The second-order valence-corrected chi connectivity index (χ2v) is 5.47. The molecule has 3 N–H and O–H groups in total. The number of rotatable bonds is 4. The molecule has 1 aromatic rings. The number of aryl methyl sites for hydroxylation is 1. The van der Waals surface area contributed by atoms with Crippen LogP contribution in [0.5, 0.6) is 0 Å². The van der Waals surface area contributed by atoms with Gasteiger partial charge in [0.2, 0.25) is 0 Å². The van der Waals surface area contributed by atoms with Crippen molar-refractivity contribution in [2.24, 2.45) is 0 Å². The summed E-state index contributed by atoms with van der Waals surface area (Å²) < 4.78 is 12.5. The predicted molar refractivity (Wildman–Crippen MR) is 71.1 cm³/mol. The highest BCUT2D eigenvalue weighted by molar-refractivity contribution is 7.71. The predicted octanol–water partition coefficient (Wildman–Crippen LogP) is 1.12. The number of aromatic amines is 1. The fourth-order valence-corrected chi connectivity index (χ4v) is 2.53. The molecular formula is C10H15N2O5PS. The highest BCUT2D eigenvalue weighted by atomic mass is 32.1. The van der Waals surface area contributed by atoms with Crippen LogP contribution in [0.25, 0.3) is 0 Å². The van der Waals surface area contributed by atoms with Gasteiger partial charge in [0.15, 0.2) is 4.77 Å². The van der Waals surface area contributed by atoms with Crippen molar-refractivity contribution in [2.75, 3.05) is 6.61 Å². The molecule has 1 aromatic heterocycles. The minimum Gasteiger partial charge on any atom is -0.352 e. The van der Waals surface area contributed by atoms with Gasteiger partial charge in [-0.25, -0.2) is 0 Å². The van der Waals surface area contributed by atoms with E-state index >= 15 is 0 Å². The molecule has 7 nitrogen and oxygen atoms in total. The van der Waals surface area contributed by atoms with Crippen LogP contribution in [0.15, 0.2) is 11.0 Å². The summed E-state index contributed by atoms with van der Waals surface area (Å²) in [5.74, 6) is 0. The van der Waals surface area contributed by atoms with Crippen LogP contribution >= 0.6 is 20.8 Å². The molecule has 2 unspecified atom stereocenters. The van der Waals surface area contributed by atoms with Gasteiger partial charge in [-0.2, -0.15) is 0 Å². The Labute approximate surface area is 115 Å². The molecule has 1 fully saturated rings. The standard InChI is InChI=1S/C10H15N2O5PS/c1-6-4-12(10(19)11-9(6)13)8-3-2-7(17-8)5-16-18(14)15/h4,7-8,14-15H,2-3,5H2,1H3,(H,11,13,19). The lowest BCUT2D eigenvalue weighted by Crippen LogP contribution is -2.20. The molecule has 0 aliphatic carbocycles. The van der Waals surface area contributed by atoms with Crippen molar-refractivity contribution in [3.8, 4) is 0 Å². The van der Waals surface area contributed by atoms with Crippen LogP contribution in [0.2, 0.25) is 0 Å². The summed E-state index contributed by atoms with van der Waals surface area (Å²) in [5.41, 5.74) is 0.358. The molecule has 0 bridgehead atoms. The smallest absolute Gasteiger partial charge is 0.327 e. The van der Waals surface area contributed by atoms with Gasteiger partial charge >= 0.3 is 8.60 Å². The highest BCUT2D eigenvalue weighted by Crippen LogP contribution is 2.31. The lowest BCUT2D eigenvalue weighted by molar-refractivity contribution is -0.0208. The number of hydrogen-bond donors (Lipinski definition) is 3. The Morgan fingerprint density at radius 1 is 1.63 bits per heavy atom. The first kappa shape index (κ1) is 14.8. The summed E-state index contributed by atoms with van der Waals surface area (Å²) in [6.07, 6.45) is 2.65. The molecule has 0 spiro atoms. The van der Waals surface area contributed by atoms with Gasteiger partial charge in [-0.05, 0) is 32.0 Å².